The molecule has 0 rings (SSSR count). The SMILES string of the molecule is CCCCCCCCCNC(=O)S. The lowest BCUT2D eigenvalue weighted by atomic mass is 10.1. The van der Waals surface area contributed by atoms with Crippen LogP contribution in [0, 0.1) is 0 Å². The number of hydrogen-bond donors (Lipinski definition) is 2. The zero-order chi connectivity index (χ0) is 9.94. The van der Waals surface area contributed by atoms with Gasteiger partial charge in [0.25, 0.3) is 5.24 Å². The summed E-state index contributed by atoms with van der Waals surface area (Å²) in [6.45, 7) is 3.00. The Bertz CT molecular complexity index is 128. The fraction of sp³-hybridized carbons (Fsp3) is 0.900. The molecule has 0 aromatic rings. The van der Waals surface area contributed by atoms with E-state index in [0.29, 0.717) is 0 Å². The Morgan fingerprint density at radius 3 is 2.15 bits per heavy atom. The second kappa shape index (κ2) is 9.90. The molecule has 0 radical (unpaired) electrons. The third-order valence-electron chi connectivity index (χ3n) is 2.06. The van der Waals surface area contributed by atoms with Gasteiger partial charge in [-0.2, -0.15) is 0 Å². The number of carbonyl (C=O) groups excluding carboxylic acids is 1. The topological polar surface area (TPSA) is 29.1 Å². The fourth-order valence-corrected chi connectivity index (χ4v) is 1.39. The first-order chi connectivity index (χ1) is 6.27. The Labute approximate surface area is 86.9 Å². The molecule has 0 saturated carbocycles. The zero-order valence-electron chi connectivity index (χ0n) is 8.51. The first-order valence-corrected chi connectivity index (χ1v) is 5.69. The summed E-state index contributed by atoms with van der Waals surface area (Å²) in [5.41, 5.74) is 0. The number of rotatable bonds is 8. The summed E-state index contributed by atoms with van der Waals surface area (Å²) >= 11 is 3.62. The third-order valence-corrected chi connectivity index (χ3v) is 2.21. The Morgan fingerprint density at radius 2 is 1.62 bits per heavy atom. The van der Waals surface area contributed by atoms with Gasteiger partial charge in [0, 0.05) is 6.54 Å². The van der Waals surface area contributed by atoms with E-state index in [1.165, 1.54) is 38.5 Å². The van der Waals surface area contributed by atoms with Gasteiger partial charge in [0.15, 0.2) is 0 Å². The number of thiol groups is 1. The maximum atomic E-state index is 10.4. The number of unbranched alkanes of at least 4 members (excludes halogenated alkanes) is 6. The van der Waals surface area contributed by atoms with Crippen LogP contribution >= 0.6 is 12.6 Å². The van der Waals surface area contributed by atoms with Crippen LogP contribution in [0.25, 0.3) is 0 Å². The first kappa shape index (κ1) is 12.8. The normalized spacial score (nSPS) is 10.0. The lowest BCUT2D eigenvalue weighted by molar-refractivity contribution is 0.261. The monoisotopic (exact) mass is 203 g/mol. The van der Waals surface area contributed by atoms with E-state index in [1.54, 1.807) is 0 Å². The molecule has 2 nitrogen and oxygen atoms in total. The number of carbonyl (C=O) groups is 1. The highest BCUT2D eigenvalue weighted by molar-refractivity contribution is 7.96. The van der Waals surface area contributed by atoms with Crippen LogP contribution in [0.4, 0.5) is 4.79 Å². The van der Waals surface area contributed by atoms with Crippen molar-refractivity contribution in [1.29, 1.82) is 0 Å². The minimum Gasteiger partial charge on any atom is -0.347 e. The molecule has 0 heterocycles. The minimum absolute atomic E-state index is 0.217. The van der Waals surface area contributed by atoms with Crippen molar-refractivity contribution in [1.82, 2.24) is 5.32 Å². The number of hydrogen-bond acceptors (Lipinski definition) is 1. The van der Waals surface area contributed by atoms with E-state index >= 15 is 0 Å². The lowest BCUT2D eigenvalue weighted by Crippen LogP contribution is -2.17. The highest BCUT2D eigenvalue weighted by Crippen LogP contribution is 2.06. The van der Waals surface area contributed by atoms with E-state index in [0.717, 1.165) is 13.0 Å². The quantitative estimate of drug-likeness (QED) is 0.459. The van der Waals surface area contributed by atoms with E-state index in [2.05, 4.69) is 24.9 Å². The predicted octanol–water partition coefficient (Wildman–Crippen LogP) is 3.38. The van der Waals surface area contributed by atoms with Gasteiger partial charge in [-0.3, -0.25) is 4.79 Å². The van der Waals surface area contributed by atoms with Gasteiger partial charge in [-0.1, -0.05) is 58.1 Å². The fourth-order valence-electron chi connectivity index (χ4n) is 1.28. The molecule has 0 aromatic heterocycles. The van der Waals surface area contributed by atoms with Crippen molar-refractivity contribution < 1.29 is 4.79 Å². The Hall–Kier alpha value is -0.180. The largest absolute Gasteiger partial charge is 0.347 e. The smallest absolute Gasteiger partial charge is 0.275 e. The highest BCUT2D eigenvalue weighted by atomic mass is 32.1. The van der Waals surface area contributed by atoms with Crippen molar-refractivity contribution in [3.63, 3.8) is 0 Å². The van der Waals surface area contributed by atoms with Crippen molar-refractivity contribution in [2.24, 2.45) is 0 Å². The molecule has 0 aliphatic rings. The van der Waals surface area contributed by atoms with Crippen LogP contribution in [0.1, 0.15) is 51.9 Å². The van der Waals surface area contributed by atoms with Crippen LogP contribution in [0.5, 0.6) is 0 Å². The molecule has 0 aliphatic carbocycles. The Kier molecular flexibility index (Phi) is 9.77. The van der Waals surface area contributed by atoms with E-state index in [9.17, 15) is 4.79 Å². The van der Waals surface area contributed by atoms with Gasteiger partial charge >= 0.3 is 0 Å². The van der Waals surface area contributed by atoms with Gasteiger partial charge in [0.05, 0.1) is 0 Å². The molecule has 0 aromatic carbocycles. The minimum atomic E-state index is -0.217. The highest BCUT2D eigenvalue weighted by Gasteiger charge is 1.92. The van der Waals surface area contributed by atoms with E-state index in [4.69, 9.17) is 0 Å². The first-order valence-electron chi connectivity index (χ1n) is 5.24. The van der Waals surface area contributed by atoms with Crippen LogP contribution in [-0.4, -0.2) is 11.8 Å². The van der Waals surface area contributed by atoms with Gasteiger partial charge < -0.3 is 5.32 Å². The number of nitrogens with one attached hydrogen (secondary N) is 1. The van der Waals surface area contributed by atoms with Crippen molar-refractivity contribution in [2.45, 2.75) is 51.9 Å². The third kappa shape index (κ3) is 11.8. The summed E-state index contributed by atoms with van der Waals surface area (Å²) in [5.74, 6) is 0. The van der Waals surface area contributed by atoms with Crippen molar-refractivity contribution in [3.8, 4) is 0 Å². The molecule has 0 saturated heterocycles. The summed E-state index contributed by atoms with van der Waals surface area (Å²) in [6.07, 6.45) is 8.94. The molecule has 13 heavy (non-hydrogen) atoms. The molecule has 0 aliphatic heterocycles. The standard InChI is InChI=1S/C10H21NOS/c1-2-3-4-5-6-7-8-9-11-10(12)13/h2-9H2,1H3,(H2,11,12,13). The molecule has 0 atom stereocenters. The molecule has 1 N–H and O–H groups in total. The predicted molar refractivity (Wildman–Crippen MR) is 60.4 cm³/mol. The van der Waals surface area contributed by atoms with Crippen LogP contribution in [0.2, 0.25) is 0 Å². The molecule has 0 fully saturated rings. The molecule has 78 valence electrons. The summed E-state index contributed by atoms with van der Waals surface area (Å²) in [4.78, 5) is 10.4. The Morgan fingerprint density at radius 1 is 1.08 bits per heavy atom. The molecule has 0 bridgehead atoms. The van der Waals surface area contributed by atoms with E-state index in [-0.39, 0.29) is 5.24 Å². The maximum Gasteiger partial charge on any atom is 0.275 e. The van der Waals surface area contributed by atoms with E-state index in [1.807, 2.05) is 0 Å². The van der Waals surface area contributed by atoms with Crippen molar-refractivity contribution in [2.75, 3.05) is 6.54 Å². The molecule has 3 heteroatoms. The number of amides is 1. The van der Waals surface area contributed by atoms with Crippen molar-refractivity contribution in [3.05, 3.63) is 0 Å². The summed E-state index contributed by atoms with van der Waals surface area (Å²) in [7, 11) is 0. The average Bonchev–Trinajstić information content (AvgIpc) is 2.09. The molecular formula is C10H21NOS. The maximum absolute atomic E-state index is 10.4. The van der Waals surface area contributed by atoms with Gasteiger partial charge in [-0.25, -0.2) is 0 Å². The van der Waals surface area contributed by atoms with Gasteiger partial charge in [-0.05, 0) is 6.42 Å². The zero-order valence-corrected chi connectivity index (χ0v) is 9.41. The van der Waals surface area contributed by atoms with Crippen LogP contribution in [0.3, 0.4) is 0 Å². The Balaban J connectivity index is 2.87. The van der Waals surface area contributed by atoms with E-state index < -0.39 is 0 Å². The average molecular weight is 203 g/mol. The second-order valence-electron chi connectivity index (χ2n) is 3.35. The van der Waals surface area contributed by atoms with Crippen LogP contribution in [0.15, 0.2) is 0 Å². The van der Waals surface area contributed by atoms with Crippen LogP contribution < -0.4 is 5.32 Å². The molecule has 1 amide bonds. The second-order valence-corrected chi connectivity index (χ2v) is 3.76. The molecule has 0 unspecified atom stereocenters. The summed E-state index contributed by atoms with van der Waals surface area (Å²) in [5, 5.41) is 2.46. The molecular weight excluding hydrogens is 182 g/mol. The van der Waals surface area contributed by atoms with Gasteiger partial charge in [-0.15, -0.1) is 0 Å². The van der Waals surface area contributed by atoms with Crippen molar-refractivity contribution >= 4 is 17.9 Å². The van der Waals surface area contributed by atoms with Gasteiger partial charge in [0.1, 0.15) is 0 Å². The summed E-state index contributed by atoms with van der Waals surface area (Å²) in [6, 6.07) is 0. The summed E-state index contributed by atoms with van der Waals surface area (Å²) < 4.78 is 0. The lowest BCUT2D eigenvalue weighted by Gasteiger charge is -2.01. The van der Waals surface area contributed by atoms with Gasteiger partial charge in [0.2, 0.25) is 0 Å². The van der Waals surface area contributed by atoms with Crippen LogP contribution in [-0.2, 0) is 0 Å². The molecule has 0 spiro atoms.